The Balaban J connectivity index is 2.23. The van der Waals surface area contributed by atoms with Crippen LogP contribution in [-0.2, 0) is 11.3 Å². The van der Waals surface area contributed by atoms with Crippen molar-refractivity contribution in [2.45, 2.75) is 46.2 Å². The fourth-order valence-electron chi connectivity index (χ4n) is 1.52. The molecule has 1 heterocycles. The van der Waals surface area contributed by atoms with E-state index in [2.05, 4.69) is 24.1 Å². The van der Waals surface area contributed by atoms with Crippen LogP contribution < -0.4 is 5.32 Å². The molecule has 1 aromatic heterocycles. The van der Waals surface area contributed by atoms with Crippen molar-refractivity contribution in [1.29, 1.82) is 0 Å². The molecule has 0 saturated heterocycles. The number of hydrogen-bond acceptors (Lipinski definition) is 2. The maximum absolute atomic E-state index is 11.6. The number of rotatable bonds is 6. The van der Waals surface area contributed by atoms with Crippen molar-refractivity contribution in [1.82, 2.24) is 14.9 Å². The smallest absolute Gasteiger partial charge is 0.240 e. The quantitative estimate of drug-likeness (QED) is 0.799. The minimum Gasteiger partial charge on any atom is -0.352 e. The number of aromatic nitrogens is 2. The summed E-state index contributed by atoms with van der Waals surface area (Å²) in [6.45, 7) is 6.79. The zero-order valence-corrected chi connectivity index (χ0v) is 10.3. The van der Waals surface area contributed by atoms with E-state index < -0.39 is 0 Å². The van der Waals surface area contributed by atoms with Gasteiger partial charge in [-0.2, -0.15) is 0 Å². The second-order valence-electron chi connectivity index (χ2n) is 4.67. The summed E-state index contributed by atoms with van der Waals surface area (Å²) < 4.78 is 1.77. The van der Waals surface area contributed by atoms with Gasteiger partial charge in [0.05, 0.1) is 6.33 Å². The average Bonchev–Trinajstić information content (AvgIpc) is 2.67. The fraction of sp³-hybridized carbons (Fsp3) is 0.667. The summed E-state index contributed by atoms with van der Waals surface area (Å²) in [5, 5.41) is 2.99. The van der Waals surface area contributed by atoms with E-state index in [9.17, 15) is 4.79 Å². The molecule has 4 heteroatoms. The predicted molar refractivity (Wildman–Crippen MR) is 63.9 cm³/mol. The van der Waals surface area contributed by atoms with Gasteiger partial charge in [-0.25, -0.2) is 4.98 Å². The molecule has 4 nitrogen and oxygen atoms in total. The molecule has 90 valence electrons. The molecule has 16 heavy (non-hydrogen) atoms. The third kappa shape index (κ3) is 4.96. The summed E-state index contributed by atoms with van der Waals surface area (Å²) in [6.07, 6.45) is 7.30. The molecule has 0 fully saturated rings. The van der Waals surface area contributed by atoms with E-state index in [0.29, 0.717) is 12.5 Å². The Morgan fingerprint density at radius 1 is 1.38 bits per heavy atom. The van der Waals surface area contributed by atoms with Crippen molar-refractivity contribution in [3.63, 3.8) is 0 Å². The Morgan fingerprint density at radius 3 is 2.69 bits per heavy atom. The molecule has 0 aromatic carbocycles. The first-order chi connectivity index (χ1) is 7.58. The van der Waals surface area contributed by atoms with Gasteiger partial charge in [0, 0.05) is 18.4 Å². The number of carbonyl (C=O) groups is 1. The first kappa shape index (κ1) is 12.7. The van der Waals surface area contributed by atoms with Gasteiger partial charge < -0.3 is 9.88 Å². The summed E-state index contributed by atoms with van der Waals surface area (Å²) in [5.74, 6) is 0.738. The van der Waals surface area contributed by atoms with E-state index >= 15 is 0 Å². The maximum atomic E-state index is 11.6. The van der Waals surface area contributed by atoms with Gasteiger partial charge in [0.25, 0.3) is 0 Å². The molecule has 1 aromatic rings. The molecule has 0 saturated carbocycles. The highest BCUT2D eigenvalue weighted by Gasteiger charge is 2.08. The molecule has 0 aliphatic heterocycles. The van der Waals surface area contributed by atoms with Crippen LogP contribution in [-0.4, -0.2) is 21.5 Å². The molecule has 1 atom stereocenters. The number of nitrogens with one attached hydrogen (secondary N) is 1. The number of amides is 1. The normalized spacial score (nSPS) is 12.8. The molecular formula is C12H21N3O. The van der Waals surface area contributed by atoms with E-state index in [4.69, 9.17) is 0 Å². The Labute approximate surface area is 97.1 Å². The van der Waals surface area contributed by atoms with Gasteiger partial charge in [0.2, 0.25) is 5.91 Å². The fourth-order valence-corrected chi connectivity index (χ4v) is 1.52. The Morgan fingerprint density at radius 2 is 2.12 bits per heavy atom. The summed E-state index contributed by atoms with van der Waals surface area (Å²) in [4.78, 5) is 15.5. The minimum atomic E-state index is 0.0502. The SMILES string of the molecule is CC(C)CC[C@H](C)NC(=O)Cn1ccnc1. The van der Waals surface area contributed by atoms with Crippen LogP contribution in [0, 0.1) is 5.92 Å². The summed E-state index contributed by atoms with van der Waals surface area (Å²) in [5.41, 5.74) is 0. The van der Waals surface area contributed by atoms with Crippen LogP contribution in [0.3, 0.4) is 0 Å². The van der Waals surface area contributed by atoms with E-state index in [-0.39, 0.29) is 11.9 Å². The van der Waals surface area contributed by atoms with E-state index in [1.807, 2.05) is 6.92 Å². The summed E-state index contributed by atoms with van der Waals surface area (Å²) in [6, 6.07) is 0.249. The highest BCUT2D eigenvalue weighted by molar-refractivity contribution is 5.75. The molecule has 0 bridgehead atoms. The van der Waals surface area contributed by atoms with Gasteiger partial charge in [0.15, 0.2) is 0 Å². The first-order valence-electron chi connectivity index (χ1n) is 5.83. The predicted octanol–water partition coefficient (Wildman–Crippen LogP) is 1.82. The lowest BCUT2D eigenvalue weighted by Gasteiger charge is -2.15. The Kier molecular flexibility index (Phi) is 5.02. The largest absolute Gasteiger partial charge is 0.352 e. The van der Waals surface area contributed by atoms with Crippen molar-refractivity contribution in [2.75, 3.05) is 0 Å². The molecule has 0 unspecified atom stereocenters. The average molecular weight is 223 g/mol. The second kappa shape index (κ2) is 6.30. The van der Waals surface area contributed by atoms with Crippen LogP contribution in [0.2, 0.25) is 0 Å². The summed E-state index contributed by atoms with van der Waals surface area (Å²) in [7, 11) is 0. The van der Waals surface area contributed by atoms with Crippen LogP contribution in [0.5, 0.6) is 0 Å². The van der Waals surface area contributed by atoms with Crippen LogP contribution in [0.15, 0.2) is 18.7 Å². The molecule has 0 aliphatic rings. The van der Waals surface area contributed by atoms with Crippen LogP contribution in [0.25, 0.3) is 0 Å². The van der Waals surface area contributed by atoms with Crippen LogP contribution in [0.4, 0.5) is 0 Å². The van der Waals surface area contributed by atoms with E-state index in [0.717, 1.165) is 12.8 Å². The third-order valence-corrected chi connectivity index (χ3v) is 2.47. The molecule has 1 amide bonds. The van der Waals surface area contributed by atoms with Crippen molar-refractivity contribution >= 4 is 5.91 Å². The topological polar surface area (TPSA) is 46.9 Å². The standard InChI is InChI=1S/C12H21N3O/c1-10(2)4-5-11(3)14-12(16)8-15-7-6-13-9-15/h6-7,9-11H,4-5,8H2,1-3H3,(H,14,16)/t11-/m0/s1. The number of nitrogens with zero attached hydrogens (tertiary/aromatic N) is 2. The van der Waals surface area contributed by atoms with E-state index in [1.54, 1.807) is 23.3 Å². The van der Waals surface area contributed by atoms with Crippen molar-refractivity contribution in [3.05, 3.63) is 18.7 Å². The lowest BCUT2D eigenvalue weighted by molar-refractivity contribution is -0.122. The molecule has 0 spiro atoms. The highest BCUT2D eigenvalue weighted by atomic mass is 16.2. The van der Waals surface area contributed by atoms with Crippen molar-refractivity contribution < 1.29 is 4.79 Å². The summed E-state index contributed by atoms with van der Waals surface area (Å²) >= 11 is 0. The highest BCUT2D eigenvalue weighted by Crippen LogP contribution is 2.06. The minimum absolute atomic E-state index is 0.0502. The van der Waals surface area contributed by atoms with Crippen molar-refractivity contribution in [2.24, 2.45) is 5.92 Å². The molecular weight excluding hydrogens is 202 g/mol. The Bertz CT molecular complexity index is 306. The van der Waals surface area contributed by atoms with Crippen LogP contribution >= 0.6 is 0 Å². The van der Waals surface area contributed by atoms with Crippen LogP contribution in [0.1, 0.15) is 33.6 Å². The molecule has 0 aliphatic carbocycles. The van der Waals surface area contributed by atoms with Gasteiger partial charge in [-0.3, -0.25) is 4.79 Å². The van der Waals surface area contributed by atoms with Gasteiger partial charge in [0.1, 0.15) is 6.54 Å². The number of imidazole rings is 1. The van der Waals surface area contributed by atoms with Gasteiger partial charge >= 0.3 is 0 Å². The molecule has 1 N–H and O–H groups in total. The van der Waals surface area contributed by atoms with E-state index in [1.165, 1.54) is 0 Å². The lowest BCUT2D eigenvalue weighted by atomic mass is 10.0. The zero-order chi connectivity index (χ0) is 12.0. The molecule has 1 rings (SSSR count). The van der Waals surface area contributed by atoms with Gasteiger partial charge in [-0.15, -0.1) is 0 Å². The van der Waals surface area contributed by atoms with Gasteiger partial charge in [-0.1, -0.05) is 13.8 Å². The van der Waals surface area contributed by atoms with Crippen molar-refractivity contribution in [3.8, 4) is 0 Å². The lowest BCUT2D eigenvalue weighted by Crippen LogP contribution is -2.35. The second-order valence-corrected chi connectivity index (χ2v) is 4.67. The zero-order valence-electron chi connectivity index (χ0n) is 10.3. The Hall–Kier alpha value is -1.32. The monoisotopic (exact) mass is 223 g/mol. The molecule has 0 radical (unpaired) electrons. The van der Waals surface area contributed by atoms with Gasteiger partial charge in [-0.05, 0) is 25.7 Å². The number of carbonyl (C=O) groups excluding carboxylic acids is 1. The third-order valence-electron chi connectivity index (χ3n) is 2.47. The number of hydrogen-bond donors (Lipinski definition) is 1. The maximum Gasteiger partial charge on any atom is 0.240 e. The first-order valence-corrected chi connectivity index (χ1v) is 5.83.